The van der Waals surface area contributed by atoms with E-state index in [1.54, 1.807) is 4.68 Å². The number of hydrogen-bond donors (Lipinski definition) is 1. The topological polar surface area (TPSA) is 56.7 Å². The van der Waals surface area contributed by atoms with E-state index in [-0.39, 0.29) is 6.04 Å². The lowest BCUT2D eigenvalue weighted by molar-refractivity contribution is 0.437. The van der Waals surface area contributed by atoms with Gasteiger partial charge in [-0.1, -0.05) is 25.5 Å². The van der Waals surface area contributed by atoms with E-state index in [4.69, 9.17) is 5.73 Å². The number of nitrogens with two attached hydrogens (primary N) is 1. The zero-order valence-electron chi connectivity index (χ0n) is 8.57. The predicted octanol–water partition coefficient (Wildman–Crippen LogP) is 0.731. The Morgan fingerprint density at radius 1 is 1.62 bits per heavy atom. The van der Waals surface area contributed by atoms with Gasteiger partial charge in [-0.3, -0.25) is 4.68 Å². The molecule has 0 saturated carbocycles. The molecule has 0 aromatic carbocycles. The normalized spacial score (nSPS) is 15.7. The highest BCUT2D eigenvalue weighted by atomic mass is 15.4. The Morgan fingerprint density at radius 3 is 2.77 bits per heavy atom. The molecule has 0 amide bonds. The van der Waals surface area contributed by atoms with E-state index in [0.29, 0.717) is 5.92 Å². The van der Waals surface area contributed by atoms with E-state index < -0.39 is 0 Å². The van der Waals surface area contributed by atoms with Crippen molar-refractivity contribution in [1.29, 1.82) is 0 Å². The zero-order valence-corrected chi connectivity index (χ0v) is 8.57. The third-order valence-corrected chi connectivity index (χ3v) is 2.47. The van der Waals surface area contributed by atoms with Gasteiger partial charge in [-0.15, -0.1) is 5.10 Å². The largest absolute Gasteiger partial charge is 0.327 e. The fraction of sp³-hybridized carbons (Fsp3) is 0.778. The molecule has 0 aliphatic rings. The minimum absolute atomic E-state index is 0.196. The molecule has 4 heteroatoms. The SMILES string of the molecule is CCC(C)C(N)Cc1cn(C)nn1. The van der Waals surface area contributed by atoms with Gasteiger partial charge in [0.1, 0.15) is 0 Å². The van der Waals surface area contributed by atoms with E-state index in [1.165, 1.54) is 0 Å². The molecule has 74 valence electrons. The Bertz CT molecular complexity index is 256. The molecule has 1 aromatic heterocycles. The monoisotopic (exact) mass is 182 g/mol. The van der Waals surface area contributed by atoms with Crippen LogP contribution in [0.4, 0.5) is 0 Å². The maximum atomic E-state index is 5.99. The first-order chi connectivity index (χ1) is 6.13. The fourth-order valence-electron chi connectivity index (χ4n) is 1.23. The molecule has 2 N–H and O–H groups in total. The van der Waals surface area contributed by atoms with E-state index in [0.717, 1.165) is 18.5 Å². The van der Waals surface area contributed by atoms with Crippen LogP contribution in [0.15, 0.2) is 6.20 Å². The molecule has 2 unspecified atom stereocenters. The number of nitrogens with zero attached hydrogens (tertiary/aromatic N) is 3. The van der Waals surface area contributed by atoms with Crippen molar-refractivity contribution in [2.24, 2.45) is 18.7 Å². The first-order valence-corrected chi connectivity index (χ1v) is 4.74. The van der Waals surface area contributed by atoms with E-state index in [1.807, 2.05) is 13.2 Å². The molecule has 1 aromatic rings. The Labute approximate surface area is 79.1 Å². The average molecular weight is 182 g/mol. The van der Waals surface area contributed by atoms with Gasteiger partial charge >= 0.3 is 0 Å². The quantitative estimate of drug-likeness (QED) is 0.747. The zero-order chi connectivity index (χ0) is 9.84. The third kappa shape index (κ3) is 2.81. The summed E-state index contributed by atoms with van der Waals surface area (Å²) in [7, 11) is 1.87. The molecule has 4 nitrogen and oxygen atoms in total. The van der Waals surface area contributed by atoms with Crippen LogP contribution in [0.5, 0.6) is 0 Å². The van der Waals surface area contributed by atoms with Gasteiger partial charge in [-0.05, 0) is 5.92 Å². The van der Waals surface area contributed by atoms with Crippen molar-refractivity contribution in [3.8, 4) is 0 Å². The molecule has 0 radical (unpaired) electrons. The summed E-state index contributed by atoms with van der Waals surface area (Å²) in [5, 5.41) is 7.87. The maximum Gasteiger partial charge on any atom is 0.0842 e. The minimum Gasteiger partial charge on any atom is -0.327 e. The van der Waals surface area contributed by atoms with Gasteiger partial charge in [0.05, 0.1) is 5.69 Å². The molecule has 1 rings (SSSR count). The maximum absolute atomic E-state index is 5.99. The van der Waals surface area contributed by atoms with Crippen molar-refractivity contribution in [2.75, 3.05) is 0 Å². The number of aryl methyl sites for hydroxylation is 1. The first-order valence-electron chi connectivity index (χ1n) is 4.74. The summed E-state index contributed by atoms with van der Waals surface area (Å²) in [6, 6.07) is 0.196. The van der Waals surface area contributed by atoms with Crippen LogP contribution in [0.3, 0.4) is 0 Å². The van der Waals surface area contributed by atoms with Gasteiger partial charge in [0.15, 0.2) is 0 Å². The minimum atomic E-state index is 0.196. The summed E-state index contributed by atoms with van der Waals surface area (Å²) in [5.74, 6) is 0.544. The molecule has 0 fully saturated rings. The first kappa shape index (κ1) is 10.2. The van der Waals surface area contributed by atoms with Crippen molar-refractivity contribution in [3.05, 3.63) is 11.9 Å². The van der Waals surface area contributed by atoms with Gasteiger partial charge in [0.2, 0.25) is 0 Å². The molecule has 1 heterocycles. The second-order valence-electron chi connectivity index (χ2n) is 3.64. The molecule has 0 bridgehead atoms. The number of aromatic nitrogens is 3. The van der Waals surface area contributed by atoms with Crippen LogP contribution in [0.2, 0.25) is 0 Å². The standard InChI is InChI=1S/C9H18N4/c1-4-7(2)9(10)5-8-6-13(3)12-11-8/h6-7,9H,4-5,10H2,1-3H3. The van der Waals surface area contributed by atoms with Crippen molar-refractivity contribution in [2.45, 2.75) is 32.7 Å². The fourth-order valence-corrected chi connectivity index (χ4v) is 1.23. The highest BCUT2D eigenvalue weighted by molar-refractivity contribution is 4.95. The summed E-state index contributed by atoms with van der Waals surface area (Å²) in [5.41, 5.74) is 6.97. The summed E-state index contributed by atoms with van der Waals surface area (Å²) in [4.78, 5) is 0. The molecule has 13 heavy (non-hydrogen) atoms. The molecule has 0 aliphatic heterocycles. The van der Waals surface area contributed by atoms with Crippen LogP contribution in [-0.4, -0.2) is 21.0 Å². The third-order valence-electron chi connectivity index (χ3n) is 2.47. The lowest BCUT2D eigenvalue weighted by atomic mass is 9.96. The summed E-state index contributed by atoms with van der Waals surface area (Å²) in [6.07, 6.45) is 3.85. The molecular formula is C9H18N4. The second kappa shape index (κ2) is 4.37. The van der Waals surface area contributed by atoms with Crippen LogP contribution >= 0.6 is 0 Å². The van der Waals surface area contributed by atoms with E-state index in [2.05, 4.69) is 24.2 Å². The van der Waals surface area contributed by atoms with E-state index >= 15 is 0 Å². The smallest absolute Gasteiger partial charge is 0.0842 e. The Morgan fingerprint density at radius 2 is 2.31 bits per heavy atom. The predicted molar refractivity (Wildman–Crippen MR) is 52.1 cm³/mol. The Hall–Kier alpha value is -0.900. The highest BCUT2D eigenvalue weighted by Crippen LogP contribution is 2.09. The number of rotatable bonds is 4. The lowest BCUT2D eigenvalue weighted by Gasteiger charge is -2.16. The summed E-state index contributed by atoms with van der Waals surface area (Å²) in [6.45, 7) is 4.32. The van der Waals surface area contributed by atoms with Crippen molar-refractivity contribution < 1.29 is 0 Å². The van der Waals surface area contributed by atoms with E-state index in [9.17, 15) is 0 Å². The van der Waals surface area contributed by atoms with Crippen molar-refractivity contribution >= 4 is 0 Å². The summed E-state index contributed by atoms with van der Waals surface area (Å²) < 4.78 is 1.71. The highest BCUT2D eigenvalue weighted by Gasteiger charge is 2.12. The van der Waals surface area contributed by atoms with Crippen LogP contribution < -0.4 is 5.73 Å². The van der Waals surface area contributed by atoms with Crippen LogP contribution in [0, 0.1) is 5.92 Å². The average Bonchev–Trinajstić information content (AvgIpc) is 2.49. The summed E-state index contributed by atoms with van der Waals surface area (Å²) >= 11 is 0. The van der Waals surface area contributed by atoms with Gasteiger partial charge in [-0.2, -0.15) is 0 Å². The molecule has 0 saturated heterocycles. The van der Waals surface area contributed by atoms with Gasteiger partial charge in [0.25, 0.3) is 0 Å². The van der Waals surface area contributed by atoms with Crippen LogP contribution in [0.25, 0.3) is 0 Å². The van der Waals surface area contributed by atoms with Crippen LogP contribution in [-0.2, 0) is 13.5 Å². The van der Waals surface area contributed by atoms with Crippen molar-refractivity contribution in [3.63, 3.8) is 0 Å². The second-order valence-corrected chi connectivity index (χ2v) is 3.64. The molecule has 0 spiro atoms. The molecular weight excluding hydrogens is 164 g/mol. The van der Waals surface area contributed by atoms with Gasteiger partial charge in [0, 0.05) is 25.7 Å². The Kier molecular flexibility index (Phi) is 3.42. The van der Waals surface area contributed by atoms with Crippen LogP contribution in [0.1, 0.15) is 26.0 Å². The van der Waals surface area contributed by atoms with Crippen molar-refractivity contribution in [1.82, 2.24) is 15.0 Å². The van der Waals surface area contributed by atoms with Gasteiger partial charge in [-0.25, -0.2) is 0 Å². The Balaban J connectivity index is 2.49. The number of hydrogen-bond acceptors (Lipinski definition) is 3. The lowest BCUT2D eigenvalue weighted by Crippen LogP contribution is -2.30. The molecule has 0 aliphatic carbocycles. The van der Waals surface area contributed by atoms with Gasteiger partial charge < -0.3 is 5.73 Å². The molecule has 2 atom stereocenters.